The van der Waals surface area contributed by atoms with Crippen molar-refractivity contribution in [2.45, 2.75) is 104 Å². The molecule has 0 saturated carbocycles. The molecule has 0 aliphatic carbocycles. The summed E-state index contributed by atoms with van der Waals surface area (Å²) in [7, 11) is 0. The van der Waals surface area contributed by atoms with Gasteiger partial charge in [0.1, 0.15) is 16.5 Å². The van der Waals surface area contributed by atoms with Crippen LogP contribution in [-0.4, -0.2) is 61.8 Å². The van der Waals surface area contributed by atoms with Gasteiger partial charge < -0.3 is 19.5 Å². The molecule has 0 bridgehead atoms. The van der Waals surface area contributed by atoms with Gasteiger partial charge in [-0.3, -0.25) is 9.59 Å². The van der Waals surface area contributed by atoms with Crippen LogP contribution in [0.25, 0.3) is 0 Å². The Morgan fingerprint density at radius 1 is 0.815 bits per heavy atom. The van der Waals surface area contributed by atoms with E-state index in [-0.39, 0.29) is 12.1 Å². The summed E-state index contributed by atoms with van der Waals surface area (Å²) in [5.41, 5.74) is -1.67. The molecule has 0 fully saturated rings. The van der Waals surface area contributed by atoms with Gasteiger partial charge in [-0.1, -0.05) is 0 Å². The van der Waals surface area contributed by atoms with Gasteiger partial charge in [0.05, 0.1) is 0 Å². The molecule has 0 aliphatic rings. The van der Waals surface area contributed by atoms with Gasteiger partial charge in [0, 0.05) is 12.1 Å². The first-order chi connectivity index (χ1) is 12.0. The minimum absolute atomic E-state index is 0.108. The van der Waals surface area contributed by atoms with Gasteiger partial charge in [-0.25, -0.2) is 4.79 Å². The Morgan fingerprint density at radius 3 is 1.52 bits per heavy atom. The average molecular weight is 406 g/mol. The number of aliphatic hydroxyl groups is 1. The third kappa shape index (κ3) is 9.46. The number of carbonyl (C=O) groups is 3. The van der Waals surface area contributed by atoms with E-state index in [1.54, 1.807) is 46.4 Å². The van der Waals surface area contributed by atoms with E-state index in [1.807, 2.05) is 27.7 Å². The molecule has 1 N–H and O–H groups in total. The minimum Gasteiger partial charge on any atom is -0.459 e. The number of rotatable bonds is 6. The second-order valence-corrected chi connectivity index (χ2v) is 10.0. The Balaban J connectivity index is 5.62. The molecule has 0 rings (SSSR count). The van der Waals surface area contributed by atoms with Crippen molar-refractivity contribution >= 4 is 28.9 Å². The van der Waals surface area contributed by atoms with Gasteiger partial charge >= 0.3 is 11.9 Å². The predicted molar refractivity (Wildman–Crippen MR) is 107 cm³/mol. The first kappa shape index (κ1) is 25.7. The molecule has 7 nitrogen and oxygen atoms in total. The largest absolute Gasteiger partial charge is 0.459 e. The smallest absolute Gasteiger partial charge is 0.337 e. The number of nitrogens with zero attached hydrogens (tertiary/aromatic N) is 1. The van der Waals surface area contributed by atoms with Crippen LogP contribution in [0.4, 0.5) is 4.79 Å². The molecule has 2 atom stereocenters. The fraction of sp³-hybridized carbons (Fsp3) is 0.842. The maximum absolute atomic E-state index is 12.7. The molecule has 158 valence electrons. The van der Waals surface area contributed by atoms with Crippen LogP contribution in [-0.2, 0) is 19.1 Å². The Morgan fingerprint density at radius 2 is 1.19 bits per heavy atom. The lowest BCUT2D eigenvalue weighted by Crippen LogP contribution is -2.47. The lowest BCUT2D eigenvalue weighted by atomic mass is 10.1. The highest BCUT2D eigenvalue weighted by Gasteiger charge is 2.41. The second kappa shape index (κ2) is 9.78. The van der Waals surface area contributed by atoms with Gasteiger partial charge in [0.25, 0.3) is 5.24 Å². The van der Waals surface area contributed by atoms with Crippen LogP contribution >= 0.6 is 11.8 Å². The molecule has 0 heterocycles. The summed E-state index contributed by atoms with van der Waals surface area (Å²) in [6.07, 6.45) is -1.82. The number of thioether (sulfide) groups is 1. The molecule has 1 amide bonds. The van der Waals surface area contributed by atoms with Crippen LogP contribution in [0.1, 0.15) is 69.2 Å². The molecular weight excluding hydrogens is 370 g/mol. The summed E-state index contributed by atoms with van der Waals surface area (Å²) >= 11 is 0.582. The van der Waals surface area contributed by atoms with Gasteiger partial charge in [-0.05, 0) is 81.0 Å². The van der Waals surface area contributed by atoms with E-state index in [2.05, 4.69) is 0 Å². The third-order valence-corrected chi connectivity index (χ3v) is 4.24. The Bertz CT molecular complexity index is 525. The molecule has 0 unspecified atom stereocenters. The Labute approximate surface area is 167 Å². The normalized spacial score (nSPS) is 14.7. The first-order valence-corrected chi connectivity index (χ1v) is 9.97. The van der Waals surface area contributed by atoms with E-state index >= 15 is 0 Å². The zero-order valence-electron chi connectivity index (χ0n) is 18.2. The van der Waals surface area contributed by atoms with Crippen LogP contribution in [0, 0.1) is 0 Å². The Kier molecular flexibility index (Phi) is 9.31. The van der Waals surface area contributed by atoms with Crippen LogP contribution in [0.3, 0.4) is 0 Å². The van der Waals surface area contributed by atoms with Crippen molar-refractivity contribution < 1.29 is 29.0 Å². The highest BCUT2D eigenvalue weighted by Crippen LogP contribution is 2.26. The van der Waals surface area contributed by atoms with Crippen molar-refractivity contribution in [3.05, 3.63) is 0 Å². The zero-order chi connectivity index (χ0) is 21.7. The standard InChI is InChI=1S/C19H35NO6S/c1-11(2)20(12(3)4)17(24)27-14(16(23)26-19(8,9)10)13(21)15(22)25-18(5,6)7/h11-14,21H,1-10H3/t13-,14+/m1/s1. The summed E-state index contributed by atoms with van der Waals surface area (Å²) in [6.45, 7) is 17.4. The number of ether oxygens (including phenoxy) is 2. The van der Waals surface area contributed by atoms with Crippen LogP contribution in [0.2, 0.25) is 0 Å². The third-order valence-electron chi connectivity index (χ3n) is 3.13. The summed E-state index contributed by atoms with van der Waals surface area (Å²) in [5, 5.41) is 8.61. The average Bonchev–Trinajstić information content (AvgIpc) is 2.39. The van der Waals surface area contributed by atoms with Crippen LogP contribution in [0.5, 0.6) is 0 Å². The van der Waals surface area contributed by atoms with Crippen molar-refractivity contribution in [3.63, 3.8) is 0 Å². The Hall–Kier alpha value is -1.28. The van der Waals surface area contributed by atoms with Gasteiger partial charge in [-0.2, -0.15) is 0 Å². The molecule has 0 saturated heterocycles. The zero-order valence-corrected chi connectivity index (χ0v) is 19.0. The van der Waals surface area contributed by atoms with E-state index in [4.69, 9.17) is 9.47 Å². The van der Waals surface area contributed by atoms with Crippen molar-refractivity contribution in [3.8, 4) is 0 Å². The van der Waals surface area contributed by atoms with Crippen LogP contribution < -0.4 is 0 Å². The topological polar surface area (TPSA) is 93.1 Å². The van der Waals surface area contributed by atoms with Crippen molar-refractivity contribution in [2.24, 2.45) is 0 Å². The summed E-state index contributed by atoms with van der Waals surface area (Å²) in [4.78, 5) is 39.2. The van der Waals surface area contributed by atoms with Crippen molar-refractivity contribution in [1.82, 2.24) is 4.90 Å². The fourth-order valence-corrected chi connectivity index (χ4v) is 3.42. The number of carbonyl (C=O) groups excluding carboxylic acids is 3. The highest BCUT2D eigenvalue weighted by atomic mass is 32.2. The summed E-state index contributed by atoms with van der Waals surface area (Å²) < 4.78 is 10.5. The number of aliphatic hydroxyl groups excluding tert-OH is 1. The number of amides is 1. The number of esters is 2. The molecule has 8 heteroatoms. The quantitative estimate of drug-likeness (QED) is 0.677. The number of hydrogen-bond acceptors (Lipinski definition) is 7. The predicted octanol–water partition coefficient (Wildman–Crippen LogP) is 3.37. The summed E-state index contributed by atoms with van der Waals surface area (Å²) in [6, 6.07) is -0.217. The molecule has 0 aliphatic heterocycles. The first-order valence-electron chi connectivity index (χ1n) is 9.09. The summed E-state index contributed by atoms with van der Waals surface area (Å²) in [5.74, 6) is -1.81. The number of hydrogen-bond donors (Lipinski definition) is 1. The molecule has 0 aromatic heterocycles. The molecule has 0 spiro atoms. The fourth-order valence-electron chi connectivity index (χ4n) is 2.27. The van der Waals surface area contributed by atoms with Crippen molar-refractivity contribution in [2.75, 3.05) is 0 Å². The van der Waals surface area contributed by atoms with E-state index in [9.17, 15) is 19.5 Å². The van der Waals surface area contributed by atoms with Crippen LogP contribution in [0.15, 0.2) is 0 Å². The van der Waals surface area contributed by atoms with E-state index in [0.29, 0.717) is 11.8 Å². The van der Waals surface area contributed by atoms with E-state index in [1.165, 1.54) is 0 Å². The molecule has 27 heavy (non-hydrogen) atoms. The SMILES string of the molecule is CC(C)N(C(=O)S[C@H](C(=O)OC(C)(C)C)[C@@H](O)C(=O)OC(C)(C)C)C(C)C. The highest BCUT2D eigenvalue weighted by molar-refractivity contribution is 8.14. The lowest BCUT2D eigenvalue weighted by Gasteiger charge is -2.32. The minimum atomic E-state index is -1.82. The van der Waals surface area contributed by atoms with E-state index < -0.39 is 39.7 Å². The maximum Gasteiger partial charge on any atom is 0.337 e. The monoisotopic (exact) mass is 405 g/mol. The lowest BCUT2D eigenvalue weighted by molar-refractivity contribution is -0.171. The molecule has 0 aromatic carbocycles. The molecule has 0 radical (unpaired) electrons. The van der Waals surface area contributed by atoms with Gasteiger partial charge in [-0.15, -0.1) is 0 Å². The van der Waals surface area contributed by atoms with Gasteiger partial charge in [0.15, 0.2) is 6.10 Å². The molecular formula is C19H35NO6S. The molecule has 0 aromatic rings. The van der Waals surface area contributed by atoms with Gasteiger partial charge in [0.2, 0.25) is 0 Å². The second-order valence-electron chi connectivity index (χ2n) is 8.91. The van der Waals surface area contributed by atoms with Crippen molar-refractivity contribution in [1.29, 1.82) is 0 Å². The van der Waals surface area contributed by atoms with E-state index in [0.717, 1.165) is 0 Å². The maximum atomic E-state index is 12.7.